The van der Waals surface area contributed by atoms with Gasteiger partial charge in [-0.15, -0.1) is 0 Å². The van der Waals surface area contributed by atoms with Crippen LogP contribution in [0.4, 0.5) is 5.88 Å². The van der Waals surface area contributed by atoms with Crippen LogP contribution in [-0.4, -0.2) is 5.16 Å². The van der Waals surface area contributed by atoms with Crippen LogP contribution < -0.4 is 5.73 Å². The first kappa shape index (κ1) is 5.44. The van der Waals surface area contributed by atoms with Crippen LogP contribution in [0.2, 0.25) is 5.02 Å². The van der Waals surface area contributed by atoms with Crippen LogP contribution >= 0.6 is 11.6 Å². The third-order valence-electron chi connectivity index (χ3n) is 0.815. The van der Waals surface area contributed by atoms with Crippen molar-refractivity contribution in [3.8, 4) is 0 Å². The van der Waals surface area contributed by atoms with Crippen LogP contribution in [0.5, 0.6) is 0 Å². The first-order chi connectivity index (χ1) is 3.72. The second kappa shape index (κ2) is 1.67. The molecule has 0 aliphatic rings. The number of anilines is 1. The molecule has 8 heavy (non-hydrogen) atoms. The largest absolute Gasteiger partial charge is 0.366 e. The summed E-state index contributed by atoms with van der Waals surface area (Å²) in [6, 6.07) is 0. The van der Waals surface area contributed by atoms with Gasteiger partial charge in [-0.3, -0.25) is 0 Å². The molecule has 0 radical (unpaired) electrons. The molecule has 0 aliphatic carbocycles. The summed E-state index contributed by atoms with van der Waals surface area (Å²) in [6.45, 7) is 1.72. The molecule has 3 nitrogen and oxygen atoms in total. The highest BCUT2D eigenvalue weighted by atomic mass is 35.5. The summed E-state index contributed by atoms with van der Waals surface area (Å²) in [4.78, 5) is 0. The fraction of sp³-hybridized carbons (Fsp3) is 0.250. The zero-order valence-corrected chi connectivity index (χ0v) is 5.07. The van der Waals surface area contributed by atoms with Gasteiger partial charge in [0, 0.05) is 0 Å². The highest BCUT2D eigenvalue weighted by Gasteiger charge is 2.03. The molecule has 4 heteroatoms. The molecule has 0 saturated heterocycles. The van der Waals surface area contributed by atoms with Crippen LogP contribution in [0.1, 0.15) is 5.69 Å². The molecule has 0 bridgehead atoms. The molecular weight excluding hydrogens is 128 g/mol. The molecule has 1 aromatic rings. The minimum Gasteiger partial charge on any atom is -0.366 e. The number of hydrogen-bond donors (Lipinski definition) is 1. The third kappa shape index (κ3) is 0.648. The van der Waals surface area contributed by atoms with Crippen molar-refractivity contribution >= 4 is 17.5 Å². The standard InChI is InChI=1S/C4H5ClN2O/c1-2-3(5)4(6)8-7-2/h6H2,1H3. The van der Waals surface area contributed by atoms with E-state index in [0.29, 0.717) is 10.7 Å². The maximum atomic E-state index is 5.51. The van der Waals surface area contributed by atoms with Crippen LogP contribution in [0.3, 0.4) is 0 Å². The van der Waals surface area contributed by atoms with Crippen LogP contribution in [0.15, 0.2) is 4.52 Å². The molecule has 0 atom stereocenters. The highest BCUT2D eigenvalue weighted by molar-refractivity contribution is 6.33. The van der Waals surface area contributed by atoms with Crippen LogP contribution in [0, 0.1) is 6.92 Å². The van der Waals surface area contributed by atoms with Crippen molar-refractivity contribution in [2.75, 3.05) is 5.73 Å². The lowest BCUT2D eigenvalue weighted by Gasteiger charge is -1.77. The molecule has 0 amide bonds. The van der Waals surface area contributed by atoms with Gasteiger partial charge in [0.25, 0.3) is 0 Å². The van der Waals surface area contributed by atoms with Crippen molar-refractivity contribution in [2.45, 2.75) is 6.92 Å². The van der Waals surface area contributed by atoms with Crippen LogP contribution in [0.25, 0.3) is 0 Å². The van der Waals surface area contributed by atoms with E-state index in [1.165, 1.54) is 0 Å². The maximum absolute atomic E-state index is 5.51. The molecule has 0 fully saturated rings. The van der Waals surface area contributed by atoms with Gasteiger partial charge in [-0.2, -0.15) is 0 Å². The summed E-state index contributed by atoms with van der Waals surface area (Å²) in [6.07, 6.45) is 0. The van der Waals surface area contributed by atoms with E-state index in [0.717, 1.165) is 0 Å². The van der Waals surface area contributed by atoms with Crippen molar-refractivity contribution in [2.24, 2.45) is 0 Å². The predicted molar refractivity (Wildman–Crippen MR) is 30.7 cm³/mol. The van der Waals surface area contributed by atoms with E-state index in [2.05, 4.69) is 9.68 Å². The lowest BCUT2D eigenvalue weighted by molar-refractivity contribution is 0.431. The molecule has 2 N–H and O–H groups in total. The average Bonchev–Trinajstić information content (AvgIpc) is 1.98. The van der Waals surface area contributed by atoms with E-state index >= 15 is 0 Å². The summed E-state index contributed by atoms with van der Waals surface area (Å²) in [7, 11) is 0. The zero-order valence-electron chi connectivity index (χ0n) is 4.31. The monoisotopic (exact) mass is 132 g/mol. The minimum atomic E-state index is 0.184. The smallest absolute Gasteiger partial charge is 0.241 e. The average molecular weight is 133 g/mol. The zero-order chi connectivity index (χ0) is 6.15. The summed E-state index contributed by atoms with van der Waals surface area (Å²) in [5, 5.41) is 3.89. The Morgan fingerprint density at radius 1 is 1.75 bits per heavy atom. The summed E-state index contributed by atoms with van der Waals surface area (Å²) in [5.74, 6) is 0.184. The van der Waals surface area contributed by atoms with Gasteiger partial charge in [-0.1, -0.05) is 16.8 Å². The number of hydrogen-bond acceptors (Lipinski definition) is 3. The van der Waals surface area contributed by atoms with Gasteiger partial charge >= 0.3 is 0 Å². The van der Waals surface area contributed by atoms with E-state index in [9.17, 15) is 0 Å². The Hall–Kier alpha value is -0.700. The van der Waals surface area contributed by atoms with Crippen molar-refractivity contribution < 1.29 is 4.52 Å². The van der Waals surface area contributed by atoms with Crippen LogP contribution in [-0.2, 0) is 0 Å². The van der Waals surface area contributed by atoms with Gasteiger partial charge in [-0.25, -0.2) is 0 Å². The molecule has 1 aromatic heterocycles. The van der Waals surface area contributed by atoms with E-state index in [4.69, 9.17) is 17.3 Å². The molecule has 0 aliphatic heterocycles. The summed E-state index contributed by atoms with van der Waals surface area (Å²) in [5.41, 5.74) is 5.81. The van der Waals surface area contributed by atoms with Crippen molar-refractivity contribution in [3.63, 3.8) is 0 Å². The Labute approximate surface area is 51.4 Å². The number of nitrogens with two attached hydrogens (primary N) is 1. The number of aryl methyl sites for hydroxylation is 1. The molecule has 0 spiro atoms. The van der Waals surface area contributed by atoms with Gasteiger partial charge in [0.1, 0.15) is 10.7 Å². The lowest BCUT2D eigenvalue weighted by atomic mass is 10.5. The Morgan fingerprint density at radius 2 is 2.38 bits per heavy atom. The number of aromatic nitrogens is 1. The number of rotatable bonds is 0. The Morgan fingerprint density at radius 3 is 2.50 bits per heavy atom. The van der Waals surface area contributed by atoms with Gasteiger partial charge < -0.3 is 10.3 Å². The molecule has 0 unspecified atom stereocenters. The fourth-order valence-electron chi connectivity index (χ4n) is 0.376. The van der Waals surface area contributed by atoms with Crippen molar-refractivity contribution in [1.29, 1.82) is 0 Å². The first-order valence-electron chi connectivity index (χ1n) is 2.09. The van der Waals surface area contributed by atoms with E-state index in [-0.39, 0.29) is 5.88 Å². The molecular formula is C4H5ClN2O. The van der Waals surface area contributed by atoms with Crippen molar-refractivity contribution in [1.82, 2.24) is 5.16 Å². The van der Waals surface area contributed by atoms with Gasteiger partial charge in [-0.05, 0) is 6.92 Å². The molecule has 1 rings (SSSR count). The molecule has 44 valence electrons. The minimum absolute atomic E-state index is 0.184. The first-order valence-corrected chi connectivity index (χ1v) is 2.47. The number of nitrogen functional groups attached to an aromatic ring is 1. The molecule has 1 heterocycles. The van der Waals surface area contributed by atoms with E-state index < -0.39 is 0 Å². The van der Waals surface area contributed by atoms with Crippen molar-refractivity contribution in [3.05, 3.63) is 10.7 Å². The summed E-state index contributed by atoms with van der Waals surface area (Å²) < 4.78 is 4.49. The number of halogens is 1. The molecule has 0 saturated carbocycles. The lowest BCUT2D eigenvalue weighted by Crippen LogP contribution is -1.78. The quantitative estimate of drug-likeness (QED) is 0.578. The Balaban J connectivity index is 3.19. The normalized spacial score (nSPS) is 9.75. The SMILES string of the molecule is Cc1noc(N)c1Cl. The second-order valence-electron chi connectivity index (χ2n) is 1.45. The summed E-state index contributed by atoms with van der Waals surface area (Å²) >= 11 is 5.51. The second-order valence-corrected chi connectivity index (χ2v) is 1.82. The van der Waals surface area contributed by atoms with E-state index in [1.54, 1.807) is 6.92 Å². The number of nitrogens with zero attached hydrogens (tertiary/aromatic N) is 1. The fourth-order valence-corrected chi connectivity index (χ4v) is 0.445. The topological polar surface area (TPSA) is 52.0 Å². The Kier molecular flexibility index (Phi) is 1.13. The van der Waals surface area contributed by atoms with Gasteiger partial charge in [0.15, 0.2) is 0 Å². The molecule has 0 aromatic carbocycles. The van der Waals surface area contributed by atoms with Gasteiger partial charge in [0.05, 0.1) is 0 Å². The maximum Gasteiger partial charge on any atom is 0.241 e. The highest BCUT2D eigenvalue weighted by Crippen LogP contribution is 2.20. The van der Waals surface area contributed by atoms with E-state index in [1.807, 2.05) is 0 Å². The van der Waals surface area contributed by atoms with Gasteiger partial charge in [0.2, 0.25) is 5.88 Å². The third-order valence-corrected chi connectivity index (χ3v) is 1.27. The Bertz CT molecular complexity index is 176. The predicted octanol–water partition coefficient (Wildman–Crippen LogP) is 1.22.